The van der Waals surface area contributed by atoms with Crippen molar-refractivity contribution in [2.24, 2.45) is 0 Å². The van der Waals surface area contributed by atoms with Crippen molar-refractivity contribution in [3.05, 3.63) is 35.7 Å². The van der Waals surface area contributed by atoms with Gasteiger partial charge in [-0.05, 0) is 38.8 Å². The lowest BCUT2D eigenvalue weighted by atomic mass is 10.0. The minimum Gasteiger partial charge on any atom is -0.390 e. The number of hydrogen-bond donors (Lipinski definition) is 2. The SMILES string of the molecule is CCCn1c(-c2cccc(F)c2F)nc2c(N)nc(CCC(C)(C)O)nc21.Cl. The molecule has 0 saturated carbocycles. The summed E-state index contributed by atoms with van der Waals surface area (Å²) in [4.78, 5) is 13.2. The number of benzene rings is 1. The second-order valence-electron chi connectivity index (χ2n) is 7.20. The van der Waals surface area contributed by atoms with Gasteiger partial charge in [0.05, 0.1) is 11.2 Å². The van der Waals surface area contributed by atoms with E-state index in [-0.39, 0.29) is 29.6 Å². The Bertz CT molecular complexity index is 985. The first-order chi connectivity index (χ1) is 12.7. The Hall–Kier alpha value is -2.32. The summed E-state index contributed by atoms with van der Waals surface area (Å²) in [6.45, 7) is 5.91. The van der Waals surface area contributed by atoms with E-state index in [0.717, 1.165) is 12.5 Å². The van der Waals surface area contributed by atoms with E-state index in [1.54, 1.807) is 18.4 Å². The quantitative estimate of drug-likeness (QED) is 0.642. The highest BCUT2D eigenvalue weighted by Gasteiger charge is 2.21. The zero-order valence-corrected chi connectivity index (χ0v) is 16.9. The van der Waals surface area contributed by atoms with Gasteiger partial charge in [-0.3, -0.25) is 0 Å². The fourth-order valence-corrected chi connectivity index (χ4v) is 2.92. The average molecular weight is 412 g/mol. The Morgan fingerprint density at radius 3 is 2.54 bits per heavy atom. The molecule has 0 bridgehead atoms. The van der Waals surface area contributed by atoms with Crippen LogP contribution in [0.5, 0.6) is 0 Å². The molecule has 3 N–H and O–H groups in total. The van der Waals surface area contributed by atoms with Crippen molar-refractivity contribution < 1.29 is 13.9 Å². The lowest BCUT2D eigenvalue weighted by Gasteiger charge is -2.16. The van der Waals surface area contributed by atoms with Crippen molar-refractivity contribution in [2.75, 3.05) is 5.73 Å². The van der Waals surface area contributed by atoms with Gasteiger partial charge >= 0.3 is 0 Å². The van der Waals surface area contributed by atoms with Crippen LogP contribution in [0.2, 0.25) is 0 Å². The van der Waals surface area contributed by atoms with E-state index in [1.165, 1.54) is 12.1 Å². The Labute approximate surface area is 168 Å². The topological polar surface area (TPSA) is 89.9 Å². The lowest BCUT2D eigenvalue weighted by molar-refractivity contribution is 0.0708. The van der Waals surface area contributed by atoms with Gasteiger partial charge in [-0.2, -0.15) is 0 Å². The van der Waals surface area contributed by atoms with Crippen LogP contribution in [0, 0.1) is 11.6 Å². The summed E-state index contributed by atoms with van der Waals surface area (Å²) in [5, 5.41) is 9.93. The third-order valence-electron chi connectivity index (χ3n) is 4.27. The molecule has 1 aromatic carbocycles. The molecule has 2 heterocycles. The highest BCUT2D eigenvalue weighted by molar-refractivity contribution is 5.86. The van der Waals surface area contributed by atoms with Crippen molar-refractivity contribution in [1.82, 2.24) is 19.5 Å². The Morgan fingerprint density at radius 1 is 1.18 bits per heavy atom. The standard InChI is InChI=1S/C19H23F2N5O.ClH/c1-4-10-26-17(11-6-5-7-12(20)14(11)21)25-15-16(22)23-13(24-18(15)26)8-9-19(2,3)27;/h5-7,27H,4,8-10H2,1-3H3,(H2,22,23,24);1H. The highest BCUT2D eigenvalue weighted by atomic mass is 35.5. The van der Waals surface area contributed by atoms with E-state index in [0.29, 0.717) is 36.4 Å². The zero-order valence-electron chi connectivity index (χ0n) is 16.0. The molecule has 152 valence electrons. The number of nitrogens with zero attached hydrogens (tertiary/aromatic N) is 4. The van der Waals surface area contributed by atoms with Crippen LogP contribution in [0.1, 0.15) is 39.4 Å². The van der Waals surface area contributed by atoms with Gasteiger partial charge in [0.2, 0.25) is 0 Å². The number of aromatic nitrogens is 4. The van der Waals surface area contributed by atoms with E-state index in [9.17, 15) is 13.9 Å². The number of hydrogen-bond acceptors (Lipinski definition) is 5. The first-order valence-corrected chi connectivity index (χ1v) is 8.90. The smallest absolute Gasteiger partial charge is 0.169 e. The van der Waals surface area contributed by atoms with Gasteiger partial charge in [0.1, 0.15) is 11.6 Å². The molecule has 0 fully saturated rings. The van der Waals surface area contributed by atoms with Gasteiger partial charge in [0.25, 0.3) is 0 Å². The molecule has 28 heavy (non-hydrogen) atoms. The molecule has 0 spiro atoms. The molecule has 0 unspecified atom stereocenters. The zero-order chi connectivity index (χ0) is 19.8. The number of nitrogen functional groups attached to an aromatic ring is 1. The molecule has 2 aromatic heterocycles. The fraction of sp³-hybridized carbons (Fsp3) is 0.421. The van der Waals surface area contributed by atoms with Crippen LogP contribution >= 0.6 is 12.4 Å². The summed E-state index contributed by atoms with van der Waals surface area (Å²) in [6, 6.07) is 3.98. The summed E-state index contributed by atoms with van der Waals surface area (Å²) in [5.41, 5.74) is 6.10. The van der Waals surface area contributed by atoms with Gasteiger partial charge in [0, 0.05) is 13.0 Å². The largest absolute Gasteiger partial charge is 0.390 e. The molecule has 0 amide bonds. The molecule has 0 aliphatic rings. The number of aliphatic hydroxyl groups is 1. The molecule has 0 aliphatic heterocycles. The molecule has 6 nitrogen and oxygen atoms in total. The van der Waals surface area contributed by atoms with Gasteiger partial charge in [0.15, 0.2) is 28.6 Å². The molecular formula is C19H24ClF2N5O. The highest BCUT2D eigenvalue weighted by Crippen LogP contribution is 2.29. The minimum absolute atomic E-state index is 0. The first kappa shape index (κ1) is 22.0. The summed E-state index contributed by atoms with van der Waals surface area (Å²) in [5.74, 6) is -0.972. The molecular weight excluding hydrogens is 388 g/mol. The van der Waals surface area contributed by atoms with Crippen molar-refractivity contribution in [2.45, 2.75) is 52.2 Å². The Morgan fingerprint density at radius 2 is 1.89 bits per heavy atom. The first-order valence-electron chi connectivity index (χ1n) is 8.90. The second-order valence-corrected chi connectivity index (χ2v) is 7.20. The van der Waals surface area contributed by atoms with Gasteiger partial charge in [-0.15, -0.1) is 12.4 Å². The van der Waals surface area contributed by atoms with Crippen LogP contribution in [0.3, 0.4) is 0 Å². The van der Waals surface area contributed by atoms with Crippen molar-refractivity contribution in [3.63, 3.8) is 0 Å². The second kappa shape index (κ2) is 8.36. The van der Waals surface area contributed by atoms with Crippen molar-refractivity contribution in [3.8, 4) is 11.4 Å². The summed E-state index contributed by atoms with van der Waals surface area (Å²) >= 11 is 0. The monoisotopic (exact) mass is 411 g/mol. The molecule has 3 aromatic rings. The van der Waals surface area contributed by atoms with Crippen LogP contribution in [0.15, 0.2) is 18.2 Å². The number of rotatable bonds is 6. The van der Waals surface area contributed by atoms with Crippen LogP contribution in [0.25, 0.3) is 22.6 Å². The van der Waals surface area contributed by atoms with E-state index >= 15 is 0 Å². The van der Waals surface area contributed by atoms with Crippen molar-refractivity contribution >= 4 is 29.4 Å². The third kappa shape index (κ3) is 4.39. The van der Waals surface area contributed by atoms with Gasteiger partial charge in [-0.1, -0.05) is 13.0 Å². The predicted molar refractivity (Wildman–Crippen MR) is 107 cm³/mol. The van der Waals surface area contributed by atoms with E-state index in [1.807, 2.05) is 6.92 Å². The maximum absolute atomic E-state index is 14.3. The number of halogens is 3. The molecule has 0 atom stereocenters. The van der Waals surface area contributed by atoms with Crippen LogP contribution < -0.4 is 5.73 Å². The summed E-state index contributed by atoms with van der Waals surface area (Å²) < 4.78 is 29.8. The van der Waals surface area contributed by atoms with E-state index in [4.69, 9.17) is 5.73 Å². The fourth-order valence-electron chi connectivity index (χ4n) is 2.92. The van der Waals surface area contributed by atoms with Crippen LogP contribution in [0.4, 0.5) is 14.6 Å². The number of imidazole rings is 1. The number of anilines is 1. The molecule has 0 saturated heterocycles. The van der Waals surface area contributed by atoms with Crippen LogP contribution in [-0.2, 0) is 13.0 Å². The van der Waals surface area contributed by atoms with Crippen LogP contribution in [-0.4, -0.2) is 30.2 Å². The summed E-state index contributed by atoms with van der Waals surface area (Å²) in [6.07, 6.45) is 1.65. The molecule has 9 heteroatoms. The lowest BCUT2D eigenvalue weighted by Crippen LogP contribution is -2.20. The normalized spacial score (nSPS) is 11.6. The Balaban J connectivity index is 0.00000280. The maximum Gasteiger partial charge on any atom is 0.169 e. The van der Waals surface area contributed by atoms with Gasteiger partial charge in [-0.25, -0.2) is 23.7 Å². The molecule has 3 rings (SSSR count). The number of nitrogens with two attached hydrogens (primary N) is 1. The Kier molecular flexibility index (Phi) is 6.56. The average Bonchev–Trinajstić information content (AvgIpc) is 2.94. The maximum atomic E-state index is 14.3. The van der Waals surface area contributed by atoms with E-state index < -0.39 is 17.2 Å². The van der Waals surface area contributed by atoms with E-state index in [2.05, 4.69) is 15.0 Å². The number of fused-ring (bicyclic) bond motifs is 1. The predicted octanol–water partition coefficient (Wildman–Crippen LogP) is 3.89. The third-order valence-corrected chi connectivity index (χ3v) is 4.27. The molecule has 0 aliphatic carbocycles. The van der Waals surface area contributed by atoms with Crippen molar-refractivity contribution in [1.29, 1.82) is 0 Å². The molecule has 0 radical (unpaired) electrons. The van der Waals surface area contributed by atoms with Gasteiger partial charge < -0.3 is 15.4 Å². The number of aryl methyl sites for hydroxylation is 2. The minimum atomic E-state index is -0.959. The summed E-state index contributed by atoms with van der Waals surface area (Å²) in [7, 11) is 0.